The Labute approximate surface area is 203 Å². The van der Waals surface area contributed by atoms with E-state index in [2.05, 4.69) is 40.7 Å². The van der Waals surface area contributed by atoms with Crippen molar-refractivity contribution in [2.75, 3.05) is 45.8 Å². The predicted octanol–water partition coefficient (Wildman–Crippen LogP) is 3.86. The average Bonchev–Trinajstić information content (AvgIpc) is 2.75. The predicted molar refractivity (Wildman–Crippen MR) is 139 cm³/mol. The zero-order chi connectivity index (χ0) is 21.8. The minimum Gasteiger partial charge on any atom is -0.493 e. The Morgan fingerprint density at radius 1 is 1.13 bits per heavy atom. The van der Waals surface area contributed by atoms with Gasteiger partial charge in [0.15, 0.2) is 17.5 Å². The van der Waals surface area contributed by atoms with E-state index in [1.54, 1.807) is 7.11 Å². The molecule has 7 nitrogen and oxygen atoms in total. The van der Waals surface area contributed by atoms with Gasteiger partial charge < -0.3 is 25.0 Å². The highest BCUT2D eigenvalue weighted by atomic mass is 127. The molecule has 0 amide bonds. The summed E-state index contributed by atoms with van der Waals surface area (Å²) in [5.74, 6) is 3.33. The van der Waals surface area contributed by atoms with Crippen LogP contribution < -0.4 is 25.0 Å². The van der Waals surface area contributed by atoms with E-state index in [0.29, 0.717) is 13.2 Å². The highest BCUT2D eigenvalue weighted by Gasteiger charge is 2.07. The van der Waals surface area contributed by atoms with Gasteiger partial charge in [-0.3, -0.25) is 0 Å². The van der Waals surface area contributed by atoms with Gasteiger partial charge in [0, 0.05) is 38.9 Å². The minimum absolute atomic E-state index is 0. The maximum atomic E-state index is 5.67. The summed E-state index contributed by atoms with van der Waals surface area (Å²) in [6, 6.07) is 10.1. The van der Waals surface area contributed by atoms with Gasteiger partial charge in [0.2, 0.25) is 0 Å². The van der Waals surface area contributed by atoms with Gasteiger partial charge in [-0.25, -0.2) is 9.98 Å². The highest BCUT2D eigenvalue weighted by molar-refractivity contribution is 14.0. The monoisotopic (exact) mass is 541 g/mol. The van der Waals surface area contributed by atoms with Crippen molar-refractivity contribution in [1.29, 1.82) is 0 Å². The molecule has 0 aliphatic rings. The first-order valence-corrected chi connectivity index (χ1v) is 10.5. The fourth-order valence-electron chi connectivity index (χ4n) is 3.11. The van der Waals surface area contributed by atoms with Gasteiger partial charge in [-0.05, 0) is 50.5 Å². The normalized spacial score (nSPS) is 10.8. The number of nitrogens with one attached hydrogen (secondary N) is 2. The summed E-state index contributed by atoms with van der Waals surface area (Å²) >= 11 is 0. The summed E-state index contributed by atoms with van der Waals surface area (Å²) in [6.07, 6.45) is 3.74. The van der Waals surface area contributed by atoms with Gasteiger partial charge in [-0.1, -0.05) is 12.1 Å². The largest absolute Gasteiger partial charge is 0.493 e. The summed E-state index contributed by atoms with van der Waals surface area (Å²) in [6.45, 7) is 6.89. The van der Waals surface area contributed by atoms with Crippen molar-refractivity contribution < 1.29 is 9.47 Å². The van der Waals surface area contributed by atoms with E-state index in [9.17, 15) is 0 Å². The van der Waals surface area contributed by atoms with Gasteiger partial charge in [0.05, 0.1) is 20.3 Å². The summed E-state index contributed by atoms with van der Waals surface area (Å²) in [5, 5.41) is 6.73. The van der Waals surface area contributed by atoms with Crippen molar-refractivity contribution in [2.45, 2.75) is 33.2 Å². The second-order valence-electron chi connectivity index (χ2n) is 7.02. The molecule has 31 heavy (non-hydrogen) atoms. The number of hydrogen-bond acceptors (Lipinski definition) is 5. The average molecular weight is 541 g/mol. The molecular formula is C23H36IN5O2. The molecule has 0 aliphatic heterocycles. The highest BCUT2D eigenvalue weighted by Crippen LogP contribution is 2.28. The molecule has 2 aromatic rings. The lowest BCUT2D eigenvalue weighted by Gasteiger charge is -2.16. The van der Waals surface area contributed by atoms with Crippen molar-refractivity contribution in [3.05, 3.63) is 47.7 Å². The Balaban J connectivity index is 0.00000480. The second kappa shape index (κ2) is 14.7. The molecular weight excluding hydrogens is 505 g/mol. The van der Waals surface area contributed by atoms with E-state index in [0.717, 1.165) is 54.8 Å². The first-order valence-electron chi connectivity index (χ1n) is 10.5. The maximum Gasteiger partial charge on any atom is 0.191 e. The fourth-order valence-corrected chi connectivity index (χ4v) is 3.11. The topological polar surface area (TPSA) is 71.0 Å². The van der Waals surface area contributed by atoms with E-state index < -0.39 is 0 Å². The van der Waals surface area contributed by atoms with Crippen molar-refractivity contribution in [3.8, 4) is 11.5 Å². The van der Waals surface area contributed by atoms with E-state index >= 15 is 0 Å². The number of anilines is 1. The maximum absolute atomic E-state index is 5.67. The Morgan fingerprint density at radius 2 is 1.94 bits per heavy atom. The van der Waals surface area contributed by atoms with Gasteiger partial charge in [0.25, 0.3) is 0 Å². The molecule has 8 heteroatoms. The second-order valence-corrected chi connectivity index (χ2v) is 7.02. The van der Waals surface area contributed by atoms with Crippen LogP contribution in [0.4, 0.5) is 5.82 Å². The van der Waals surface area contributed by atoms with Crippen molar-refractivity contribution in [1.82, 2.24) is 15.6 Å². The summed E-state index contributed by atoms with van der Waals surface area (Å²) in [7, 11) is 5.65. The number of pyridine rings is 1. The van der Waals surface area contributed by atoms with Gasteiger partial charge in [0.1, 0.15) is 5.82 Å². The van der Waals surface area contributed by atoms with Crippen molar-refractivity contribution in [3.63, 3.8) is 0 Å². The van der Waals surface area contributed by atoms with Crippen LogP contribution in [0, 0.1) is 0 Å². The first kappa shape index (κ1) is 26.8. The summed E-state index contributed by atoms with van der Waals surface area (Å²) < 4.78 is 11.0. The molecule has 0 bridgehead atoms. The molecule has 2 rings (SSSR count). The van der Waals surface area contributed by atoms with Gasteiger partial charge >= 0.3 is 0 Å². The number of halogens is 1. The van der Waals surface area contributed by atoms with Gasteiger partial charge in [-0.2, -0.15) is 0 Å². The van der Waals surface area contributed by atoms with Crippen LogP contribution in [-0.4, -0.2) is 51.8 Å². The molecule has 1 aromatic heterocycles. The first-order chi connectivity index (χ1) is 14.6. The fraction of sp³-hybridized carbons (Fsp3) is 0.478. The number of methoxy groups -OCH3 is 1. The third-order valence-corrected chi connectivity index (χ3v) is 4.51. The van der Waals surface area contributed by atoms with Crippen LogP contribution >= 0.6 is 24.0 Å². The quantitative estimate of drug-likeness (QED) is 0.195. The number of ether oxygens (including phenoxy) is 2. The van der Waals surface area contributed by atoms with E-state index in [1.165, 1.54) is 5.56 Å². The Morgan fingerprint density at radius 3 is 2.61 bits per heavy atom. The van der Waals surface area contributed by atoms with Crippen LogP contribution in [-0.2, 0) is 13.0 Å². The lowest BCUT2D eigenvalue weighted by molar-refractivity contribution is 0.310. The molecule has 172 valence electrons. The number of aliphatic imine (C=N–C) groups is 1. The van der Waals surface area contributed by atoms with Gasteiger partial charge in [-0.15, -0.1) is 24.0 Å². The molecule has 0 spiro atoms. The van der Waals surface area contributed by atoms with E-state index in [-0.39, 0.29) is 24.0 Å². The van der Waals surface area contributed by atoms with Crippen LogP contribution in [0.3, 0.4) is 0 Å². The molecule has 0 unspecified atom stereocenters. The summed E-state index contributed by atoms with van der Waals surface area (Å²) in [4.78, 5) is 11.2. The number of guanidine groups is 1. The van der Waals surface area contributed by atoms with E-state index in [4.69, 9.17) is 14.5 Å². The zero-order valence-electron chi connectivity index (χ0n) is 19.3. The van der Waals surface area contributed by atoms with Crippen molar-refractivity contribution in [2.24, 2.45) is 4.99 Å². The number of hydrogen-bond donors (Lipinski definition) is 2. The number of rotatable bonds is 11. The Hall–Kier alpha value is -2.23. The third-order valence-electron chi connectivity index (χ3n) is 4.51. The van der Waals surface area contributed by atoms with Crippen LogP contribution in [0.5, 0.6) is 11.5 Å². The minimum atomic E-state index is 0. The lowest BCUT2D eigenvalue weighted by Crippen LogP contribution is -2.37. The molecule has 0 radical (unpaired) electrons. The van der Waals surface area contributed by atoms with Crippen LogP contribution in [0.15, 0.2) is 41.5 Å². The lowest BCUT2D eigenvalue weighted by atomic mass is 10.1. The third kappa shape index (κ3) is 8.80. The zero-order valence-corrected chi connectivity index (χ0v) is 21.6. The Bertz CT molecular complexity index is 814. The molecule has 0 aliphatic carbocycles. The molecule has 0 fully saturated rings. The number of aromatic nitrogens is 1. The van der Waals surface area contributed by atoms with E-state index in [1.807, 2.05) is 44.2 Å². The van der Waals surface area contributed by atoms with Crippen LogP contribution in [0.2, 0.25) is 0 Å². The SMILES string of the molecule is CCNC(=NCc1cccnc1N(C)C)NCCCc1ccc(OC)c(OCC)c1.I. The number of aryl methyl sites for hydroxylation is 1. The molecule has 1 aromatic carbocycles. The molecule has 0 saturated carbocycles. The standard InChI is InChI=1S/C23H35N5O2.HI/c1-6-24-23(27-17-19-11-9-14-25-22(19)28(3)4)26-15-8-10-18-12-13-20(29-5)21(16-18)30-7-2;/h9,11-14,16H,6-8,10,15,17H2,1-5H3,(H2,24,26,27);1H. The molecule has 0 atom stereocenters. The number of nitrogens with zero attached hydrogens (tertiary/aromatic N) is 3. The van der Waals surface area contributed by atoms with Crippen LogP contribution in [0.25, 0.3) is 0 Å². The Kier molecular flexibility index (Phi) is 12.7. The molecule has 0 saturated heterocycles. The van der Waals surface area contributed by atoms with Crippen molar-refractivity contribution >= 4 is 35.8 Å². The van der Waals surface area contributed by atoms with Crippen LogP contribution in [0.1, 0.15) is 31.4 Å². The summed E-state index contributed by atoms with van der Waals surface area (Å²) in [5.41, 5.74) is 2.33. The smallest absolute Gasteiger partial charge is 0.191 e. The number of benzene rings is 1. The molecule has 2 N–H and O–H groups in total. The molecule has 1 heterocycles.